The summed E-state index contributed by atoms with van der Waals surface area (Å²) in [6.07, 6.45) is 6.05. The van der Waals surface area contributed by atoms with Gasteiger partial charge in [-0.25, -0.2) is 9.97 Å². The maximum atomic E-state index is 9.04. The topological polar surface area (TPSA) is 78.6 Å². The Bertz CT molecular complexity index is 406. The highest BCUT2D eigenvalue weighted by atomic mass is 16.4. The summed E-state index contributed by atoms with van der Waals surface area (Å²) in [5, 5.41) is 19.9. The molecule has 2 N–H and O–H groups in total. The first-order chi connectivity index (χ1) is 7.84. The molecule has 0 fully saturated rings. The molecule has 16 heavy (non-hydrogen) atoms. The summed E-state index contributed by atoms with van der Waals surface area (Å²) in [6, 6.07) is 8.40. The minimum absolute atomic E-state index is 0.111. The van der Waals surface area contributed by atoms with Crippen LogP contribution >= 0.6 is 0 Å². The number of aromatic hydroxyl groups is 1. The second kappa shape index (κ2) is 6.94. The molecule has 0 amide bonds. The molecule has 0 radical (unpaired) electrons. The van der Waals surface area contributed by atoms with Gasteiger partial charge < -0.3 is 10.3 Å². The van der Waals surface area contributed by atoms with Crippen LogP contribution in [-0.4, -0.2) is 26.5 Å². The van der Waals surface area contributed by atoms with Crippen LogP contribution in [0, 0.1) is 0 Å². The van der Waals surface area contributed by atoms with Gasteiger partial charge in [-0.05, 0) is 18.2 Å². The van der Waals surface area contributed by atoms with Gasteiger partial charge in [-0.3, -0.25) is 0 Å². The van der Waals surface area contributed by atoms with Crippen LogP contribution in [0.25, 0.3) is 0 Å². The van der Waals surface area contributed by atoms with Crippen LogP contribution in [0.5, 0.6) is 5.75 Å². The van der Waals surface area contributed by atoms with Gasteiger partial charge in [-0.1, -0.05) is 17.3 Å². The van der Waals surface area contributed by atoms with Crippen LogP contribution in [-0.2, 0) is 0 Å². The maximum Gasteiger partial charge on any atom is 0.124 e. The molecule has 1 heterocycles. The van der Waals surface area contributed by atoms with Gasteiger partial charge in [0, 0.05) is 18.0 Å². The first-order valence-corrected chi connectivity index (χ1v) is 4.50. The van der Waals surface area contributed by atoms with Crippen molar-refractivity contribution in [3.63, 3.8) is 0 Å². The zero-order valence-electron chi connectivity index (χ0n) is 8.43. The normalized spacial score (nSPS) is 9.50. The fraction of sp³-hybridized carbons (Fsp3) is 0. The van der Waals surface area contributed by atoms with E-state index in [1.165, 1.54) is 18.6 Å². The lowest BCUT2D eigenvalue weighted by Gasteiger charge is -1.93. The second-order valence-corrected chi connectivity index (χ2v) is 2.71. The second-order valence-electron chi connectivity index (χ2n) is 2.71. The Morgan fingerprint density at radius 3 is 2.19 bits per heavy atom. The van der Waals surface area contributed by atoms with Crippen LogP contribution in [0.15, 0.2) is 54.2 Å². The van der Waals surface area contributed by atoms with Crippen molar-refractivity contribution >= 4 is 6.21 Å². The smallest absolute Gasteiger partial charge is 0.124 e. The van der Waals surface area contributed by atoms with Gasteiger partial charge in [0.2, 0.25) is 0 Å². The van der Waals surface area contributed by atoms with Gasteiger partial charge in [0.25, 0.3) is 0 Å². The molecular weight excluding hydrogens is 206 g/mol. The summed E-state index contributed by atoms with van der Waals surface area (Å²) in [6.45, 7) is 0. The minimum Gasteiger partial charge on any atom is -0.507 e. The molecule has 5 heteroatoms. The van der Waals surface area contributed by atoms with Crippen molar-refractivity contribution in [3.8, 4) is 5.75 Å². The number of benzene rings is 1. The van der Waals surface area contributed by atoms with E-state index in [0.717, 1.165) is 0 Å². The summed E-state index contributed by atoms with van der Waals surface area (Å²) < 4.78 is 0. The van der Waals surface area contributed by atoms with Gasteiger partial charge in [0.1, 0.15) is 12.1 Å². The third-order valence-corrected chi connectivity index (χ3v) is 1.61. The summed E-state index contributed by atoms with van der Waals surface area (Å²) in [5.74, 6) is 0.111. The van der Waals surface area contributed by atoms with E-state index in [-0.39, 0.29) is 5.75 Å². The van der Waals surface area contributed by atoms with Gasteiger partial charge >= 0.3 is 0 Å². The van der Waals surface area contributed by atoms with Crippen molar-refractivity contribution in [3.05, 3.63) is 54.6 Å². The average Bonchev–Trinajstić information content (AvgIpc) is 2.35. The Morgan fingerprint density at radius 1 is 1.06 bits per heavy atom. The number of phenolic OH excluding ortho intramolecular Hbond substituents is 1. The molecule has 0 spiro atoms. The number of hydrogen-bond acceptors (Lipinski definition) is 5. The van der Waals surface area contributed by atoms with Crippen molar-refractivity contribution in [2.75, 3.05) is 0 Å². The summed E-state index contributed by atoms with van der Waals surface area (Å²) >= 11 is 0. The highest BCUT2D eigenvalue weighted by molar-refractivity contribution is 5.82. The number of rotatable bonds is 1. The Kier molecular flexibility index (Phi) is 5.05. The fourth-order valence-corrected chi connectivity index (χ4v) is 0.912. The molecule has 0 bridgehead atoms. The monoisotopic (exact) mass is 217 g/mol. The van der Waals surface area contributed by atoms with Crippen LogP contribution < -0.4 is 0 Å². The zero-order chi connectivity index (χ0) is 11.6. The van der Waals surface area contributed by atoms with E-state index >= 15 is 0 Å². The SMILES string of the molecule is ON=Cc1ccccc1O.c1cncnc1. The molecule has 2 rings (SSSR count). The van der Waals surface area contributed by atoms with E-state index in [1.54, 1.807) is 36.7 Å². The average molecular weight is 217 g/mol. The van der Waals surface area contributed by atoms with E-state index in [4.69, 9.17) is 10.3 Å². The lowest BCUT2D eigenvalue weighted by molar-refractivity contribution is 0.321. The molecule has 1 aromatic carbocycles. The zero-order valence-corrected chi connectivity index (χ0v) is 8.43. The third kappa shape index (κ3) is 4.19. The number of aromatic nitrogens is 2. The van der Waals surface area contributed by atoms with Gasteiger partial charge in [0.05, 0.1) is 6.21 Å². The highest BCUT2D eigenvalue weighted by Gasteiger charge is 1.92. The molecule has 5 nitrogen and oxygen atoms in total. The van der Waals surface area contributed by atoms with Crippen molar-refractivity contribution < 1.29 is 10.3 Å². The standard InChI is InChI=1S/C7H7NO2.C4H4N2/c9-7-4-2-1-3-6(7)5-8-10;1-2-5-4-6-3-1/h1-5,9-10H;1-4H. The summed E-state index contributed by atoms with van der Waals surface area (Å²) in [5.41, 5.74) is 0.505. The molecular formula is C11H11N3O2. The predicted molar refractivity (Wildman–Crippen MR) is 59.5 cm³/mol. The lowest BCUT2D eigenvalue weighted by Crippen LogP contribution is -1.79. The molecule has 0 atom stereocenters. The molecule has 0 saturated carbocycles. The van der Waals surface area contributed by atoms with E-state index < -0.39 is 0 Å². The van der Waals surface area contributed by atoms with Crippen LogP contribution in [0.1, 0.15) is 5.56 Å². The minimum atomic E-state index is 0.111. The lowest BCUT2D eigenvalue weighted by atomic mass is 10.2. The predicted octanol–water partition coefficient (Wildman–Crippen LogP) is 1.68. The number of phenols is 1. The highest BCUT2D eigenvalue weighted by Crippen LogP contribution is 2.12. The van der Waals surface area contributed by atoms with E-state index in [1.807, 2.05) is 0 Å². The Labute approximate surface area is 92.7 Å². The third-order valence-electron chi connectivity index (χ3n) is 1.61. The first-order valence-electron chi connectivity index (χ1n) is 4.50. The maximum absolute atomic E-state index is 9.04. The molecule has 0 aliphatic carbocycles. The largest absolute Gasteiger partial charge is 0.507 e. The van der Waals surface area contributed by atoms with Crippen LogP contribution in [0.3, 0.4) is 0 Å². The van der Waals surface area contributed by atoms with Crippen molar-refractivity contribution in [2.45, 2.75) is 0 Å². The number of nitrogens with zero attached hydrogens (tertiary/aromatic N) is 3. The molecule has 2 aromatic rings. The summed E-state index contributed by atoms with van der Waals surface area (Å²) in [4.78, 5) is 7.35. The van der Waals surface area contributed by atoms with E-state index in [0.29, 0.717) is 5.56 Å². The molecule has 1 aromatic heterocycles. The van der Waals surface area contributed by atoms with E-state index in [9.17, 15) is 0 Å². The Morgan fingerprint density at radius 2 is 1.75 bits per heavy atom. The van der Waals surface area contributed by atoms with Crippen molar-refractivity contribution in [2.24, 2.45) is 5.16 Å². The summed E-state index contributed by atoms with van der Waals surface area (Å²) in [7, 11) is 0. The molecule has 82 valence electrons. The number of oxime groups is 1. The first kappa shape index (κ1) is 11.6. The Balaban J connectivity index is 0.000000181. The molecule has 0 aliphatic heterocycles. The van der Waals surface area contributed by atoms with E-state index in [2.05, 4.69) is 15.1 Å². The van der Waals surface area contributed by atoms with Gasteiger partial charge in [-0.2, -0.15) is 0 Å². The molecule has 0 aliphatic rings. The Hall–Kier alpha value is -2.43. The van der Waals surface area contributed by atoms with Gasteiger partial charge in [-0.15, -0.1) is 0 Å². The number of hydrogen-bond donors (Lipinski definition) is 2. The van der Waals surface area contributed by atoms with Gasteiger partial charge in [0.15, 0.2) is 0 Å². The quantitative estimate of drug-likeness (QED) is 0.432. The fourth-order valence-electron chi connectivity index (χ4n) is 0.912. The van der Waals surface area contributed by atoms with Crippen molar-refractivity contribution in [1.29, 1.82) is 0 Å². The van der Waals surface area contributed by atoms with Crippen LogP contribution in [0.2, 0.25) is 0 Å². The number of para-hydroxylation sites is 1. The van der Waals surface area contributed by atoms with Crippen molar-refractivity contribution in [1.82, 2.24) is 9.97 Å². The van der Waals surface area contributed by atoms with Crippen LogP contribution in [0.4, 0.5) is 0 Å². The molecule has 0 saturated heterocycles. The molecule has 0 unspecified atom stereocenters.